The largest absolute Gasteiger partial charge is 0.510 e. The van der Waals surface area contributed by atoms with Gasteiger partial charge in [-0.25, -0.2) is 0 Å². The number of fused-ring (bicyclic) bond motifs is 3. The number of primary amides is 2. The van der Waals surface area contributed by atoms with E-state index in [-0.39, 0.29) is 42.7 Å². The van der Waals surface area contributed by atoms with Gasteiger partial charge in [-0.15, -0.1) is 0 Å². The Morgan fingerprint density at radius 1 is 1.12 bits per heavy atom. The number of ketones is 2. The molecule has 0 saturated heterocycles. The SMILES string of the molecule is CN(C)c1cc(CNCCCC(N)=O)c(O)c2c1C[C@H]1C[C@H]3[C@H](N(C)C)C(O)=C(C(N)=O)C(=O)[C@@]3(O)C(O)=C1C2=O. The van der Waals surface area contributed by atoms with Crippen molar-refractivity contribution in [1.29, 1.82) is 0 Å². The highest BCUT2D eigenvalue weighted by molar-refractivity contribution is 6.25. The van der Waals surface area contributed by atoms with Crippen molar-refractivity contribution in [2.75, 3.05) is 39.6 Å². The summed E-state index contributed by atoms with van der Waals surface area (Å²) in [5.41, 5.74) is 8.37. The third-order valence-electron chi connectivity index (χ3n) is 8.35. The van der Waals surface area contributed by atoms with Crippen LogP contribution in [0.3, 0.4) is 0 Å². The van der Waals surface area contributed by atoms with Crippen LogP contribution >= 0.6 is 0 Å². The Morgan fingerprint density at radius 3 is 2.34 bits per heavy atom. The van der Waals surface area contributed by atoms with Gasteiger partial charge in [0.05, 0.1) is 11.6 Å². The lowest BCUT2D eigenvalue weighted by atomic mass is 9.58. The Bertz CT molecular complexity index is 1400. The Morgan fingerprint density at radius 2 is 1.78 bits per heavy atom. The summed E-state index contributed by atoms with van der Waals surface area (Å²) in [6.07, 6.45) is 0.896. The smallest absolute Gasteiger partial charge is 0.255 e. The summed E-state index contributed by atoms with van der Waals surface area (Å²) in [5.74, 6) is -7.28. The molecule has 0 fully saturated rings. The van der Waals surface area contributed by atoms with Crippen LogP contribution in [0.15, 0.2) is 28.7 Å². The normalized spacial score (nSPS) is 25.7. The van der Waals surface area contributed by atoms with Gasteiger partial charge in [-0.2, -0.15) is 0 Å². The predicted molar refractivity (Wildman–Crippen MR) is 148 cm³/mol. The predicted octanol–water partition coefficient (Wildman–Crippen LogP) is -0.458. The van der Waals surface area contributed by atoms with Crippen LogP contribution in [0.25, 0.3) is 0 Å². The number of likely N-dealkylation sites (N-methyl/N-ethyl adjacent to an activating group) is 1. The van der Waals surface area contributed by atoms with Crippen molar-refractivity contribution in [3.05, 3.63) is 45.4 Å². The molecule has 222 valence electrons. The van der Waals surface area contributed by atoms with E-state index in [1.807, 2.05) is 0 Å². The molecule has 3 aliphatic carbocycles. The molecule has 0 unspecified atom stereocenters. The molecular weight excluding hydrogens is 534 g/mol. The zero-order chi connectivity index (χ0) is 30.5. The molecule has 1 aromatic rings. The van der Waals surface area contributed by atoms with E-state index in [1.54, 1.807) is 39.2 Å². The van der Waals surface area contributed by atoms with Crippen molar-refractivity contribution in [3.63, 3.8) is 0 Å². The average Bonchev–Trinajstić information content (AvgIpc) is 2.86. The number of nitrogens with zero attached hydrogens (tertiary/aromatic N) is 2. The summed E-state index contributed by atoms with van der Waals surface area (Å²) in [5, 5.41) is 48.5. The van der Waals surface area contributed by atoms with Crippen LogP contribution in [0.5, 0.6) is 5.75 Å². The number of allylic oxidation sites excluding steroid dienone is 1. The zero-order valence-corrected chi connectivity index (χ0v) is 23.5. The van der Waals surface area contributed by atoms with Crippen LogP contribution in [-0.2, 0) is 27.3 Å². The van der Waals surface area contributed by atoms with E-state index in [0.29, 0.717) is 29.8 Å². The molecule has 2 amide bonds. The van der Waals surface area contributed by atoms with Crippen LogP contribution in [0, 0.1) is 11.8 Å². The van der Waals surface area contributed by atoms with Crippen LogP contribution in [-0.4, -0.2) is 95.1 Å². The number of amides is 2. The molecule has 1 aromatic carbocycles. The number of phenolic OH excluding ortho intramolecular Hbond substituents is 1. The molecule has 4 atom stereocenters. The lowest BCUT2D eigenvalue weighted by Crippen LogP contribution is -2.63. The van der Waals surface area contributed by atoms with Gasteiger partial charge in [0, 0.05) is 49.8 Å². The molecule has 3 aliphatic rings. The van der Waals surface area contributed by atoms with Crippen LogP contribution in [0.2, 0.25) is 0 Å². The fourth-order valence-electron chi connectivity index (χ4n) is 6.50. The number of rotatable bonds is 9. The van der Waals surface area contributed by atoms with Crippen LogP contribution in [0.1, 0.15) is 40.7 Å². The number of carbonyl (C=O) groups is 4. The molecule has 4 rings (SSSR count). The summed E-state index contributed by atoms with van der Waals surface area (Å²) in [7, 11) is 6.75. The molecule has 9 N–H and O–H groups in total. The van der Waals surface area contributed by atoms with E-state index < -0.39 is 64.0 Å². The van der Waals surface area contributed by atoms with E-state index in [0.717, 1.165) is 0 Å². The number of hydrogen-bond donors (Lipinski definition) is 7. The van der Waals surface area contributed by atoms with Crippen molar-refractivity contribution in [2.24, 2.45) is 23.3 Å². The molecular formula is C28H37N5O8. The van der Waals surface area contributed by atoms with Crippen molar-refractivity contribution in [2.45, 2.75) is 43.9 Å². The third kappa shape index (κ3) is 4.73. The summed E-state index contributed by atoms with van der Waals surface area (Å²) >= 11 is 0. The van der Waals surface area contributed by atoms with Gasteiger partial charge in [-0.1, -0.05) is 0 Å². The second kappa shape index (κ2) is 10.8. The van der Waals surface area contributed by atoms with Crippen LogP contribution in [0.4, 0.5) is 5.69 Å². The number of nitrogens with one attached hydrogen (secondary N) is 1. The van der Waals surface area contributed by atoms with E-state index in [9.17, 15) is 39.6 Å². The third-order valence-corrected chi connectivity index (χ3v) is 8.35. The molecule has 0 aliphatic heterocycles. The fourth-order valence-corrected chi connectivity index (χ4v) is 6.50. The van der Waals surface area contributed by atoms with Crippen LogP contribution < -0.4 is 21.7 Å². The molecule has 0 aromatic heterocycles. The lowest BCUT2D eigenvalue weighted by Gasteiger charge is -2.50. The summed E-state index contributed by atoms with van der Waals surface area (Å²) in [6, 6.07) is 0.710. The maximum atomic E-state index is 14.0. The molecule has 13 nitrogen and oxygen atoms in total. The molecule has 41 heavy (non-hydrogen) atoms. The molecule has 0 spiro atoms. The summed E-state index contributed by atoms with van der Waals surface area (Å²) in [6.45, 7) is 0.604. The van der Waals surface area contributed by atoms with Gasteiger partial charge in [0.15, 0.2) is 11.4 Å². The average molecular weight is 572 g/mol. The minimum atomic E-state index is -2.69. The van der Waals surface area contributed by atoms with Gasteiger partial charge in [0.2, 0.25) is 11.7 Å². The number of benzene rings is 1. The first-order valence-corrected chi connectivity index (χ1v) is 13.3. The second-order valence-electron chi connectivity index (χ2n) is 11.4. The van der Waals surface area contributed by atoms with E-state index >= 15 is 0 Å². The number of anilines is 1. The Balaban J connectivity index is 1.83. The van der Waals surface area contributed by atoms with Gasteiger partial charge in [0.1, 0.15) is 22.8 Å². The summed E-state index contributed by atoms with van der Waals surface area (Å²) < 4.78 is 0. The van der Waals surface area contributed by atoms with Gasteiger partial charge in [-0.3, -0.25) is 24.1 Å². The number of aromatic hydroxyl groups is 1. The first kappa shape index (κ1) is 30.0. The topological polar surface area (TPSA) is 220 Å². The minimum absolute atomic E-state index is 0.0164. The van der Waals surface area contributed by atoms with E-state index in [1.165, 1.54) is 4.90 Å². The lowest BCUT2D eigenvalue weighted by molar-refractivity contribution is -0.148. The molecule has 0 saturated carbocycles. The number of aliphatic hydroxyl groups is 3. The first-order chi connectivity index (χ1) is 19.1. The number of hydrogen-bond acceptors (Lipinski definition) is 11. The molecule has 0 bridgehead atoms. The number of nitrogens with two attached hydrogens (primary N) is 2. The van der Waals surface area contributed by atoms with Crippen molar-refractivity contribution in [3.8, 4) is 5.75 Å². The first-order valence-electron chi connectivity index (χ1n) is 13.3. The number of Topliss-reactive ketones (excluding diaryl/α,β-unsaturated/α-hetero) is 2. The quantitative estimate of drug-likeness (QED) is 0.148. The highest BCUT2D eigenvalue weighted by Crippen LogP contribution is 2.53. The van der Waals surface area contributed by atoms with Crippen molar-refractivity contribution >= 4 is 29.1 Å². The Kier molecular flexibility index (Phi) is 7.91. The number of aliphatic hydroxyl groups excluding tert-OH is 2. The minimum Gasteiger partial charge on any atom is -0.510 e. The highest BCUT2D eigenvalue weighted by atomic mass is 16.3. The van der Waals surface area contributed by atoms with E-state index in [4.69, 9.17) is 11.5 Å². The van der Waals surface area contributed by atoms with Gasteiger partial charge in [0.25, 0.3) is 5.91 Å². The maximum Gasteiger partial charge on any atom is 0.255 e. The van der Waals surface area contributed by atoms with Crippen molar-refractivity contribution in [1.82, 2.24) is 10.2 Å². The Labute approximate surface area is 237 Å². The maximum absolute atomic E-state index is 14.0. The number of phenols is 1. The van der Waals surface area contributed by atoms with Gasteiger partial charge in [-0.05, 0) is 57.5 Å². The number of carbonyl (C=O) groups excluding carboxylic acids is 4. The van der Waals surface area contributed by atoms with Gasteiger partial charge >= 0.3 is 0 Å². The van der Waals surface area contributed by atoms with E-state index in [2.05, 4.69) is 5.32 Å². The molecule has 13 heteroatoms. The zero-order valence-electron chi connectivity index (χ0n) is 23.5. The Hall–Kier alpha value is -3.94. The monoisotopic (exact) mass is 571 g/mol. The molecule has 0 heterocycles. The second-order valence-corrected chi connectivity index (χ2v) is 11.4. The van der Waals surface area contributed by atoms with Gasteiger partial charge < -0.3 is 42.1 Å². The standard InChI is InChI=1S/C28H37N5O8/c1-32(2)16-10-13(11-31-7-5-6-17(29)34)22(35)19-14(16)8-12-9-15-21(33(3)4)24(37)20(27(30)40)26(39)28(15,41)25(38)18(12)23(19)36/h10,12,15,21,31,35,37-38,41H,5-9,11H2,1-4H3,(H2,29,34)(H2,30,40)/t12-,15-,21-,28-/m0/s1. The van der Waals surface area contributed by atoms with Crippen molar-refractivity contribution < 1.29 is 39.6 Å². The molecule has 0 radical (unpaired) electrons. The fraction of sp³-hybridized carbons (Fsp3) is 0.500. The highest BCUT2D eigenvalue weighted by Gasteiger charge is 2.63. The summed E-state index contributed by atoms with van der Waals surface area (Å²) in [4.78, 5) is 53.9.